The van der Waals surface area contributed by atoms with Gasteiger partial charge in [0.2, 0.25) is 0 Å². The quantitative estimate of drug-likeness (QED) is 0.526. The number of thiocarbonyl (C=S) groups is 1. The third-order valence-corrected chi connectivity index (χ3v) is 3.11. The van der Waals surface area contributed by atoms with Crippen LogP contribution >= 0.6 is 35.2 Å². The molecule has 72 valence electrons. The molecule has 2 aromatic rings. The normalized spacial score (nSPS) is 9.93. The van der Waals surface area contributed by atoms with Gasteiger partial charge >= 0.3 is 29.6 Å². The van der Waals surface area contributed by atoms with Crippen molar-refractivity contribution in [1.29, 1.82) is 0 Å². The summed E-state index contributed by atoms with van der Waals surface area (Å²) in [5.74, 6) is 0. The molecule has 0 saturated carbocycles. The second-order valence-corrected chi connectivity index (χ2v) is 4.78. The van der Waals surface area contributed by atoms with Crippen LogP contribution in [0.3, 0.4) is 0 Å². The molecule has 0 aliphatic heterocycles. The topological polar surface area (TPSA) is 36.0 Å². The first-order valence-electron chi connectivity index (χ1n) is 3.90. The third kappa shape index (κ3) is 3.37. The second-order valence-electron chi connectivity index (χ2n) is 2.77. The number of halogens is 1. The van der Waals surface area contributed by atoms with E-state index in [4.69, 9.17) is 11.6 Å². The number of fused-ring (bicyclic) bond motifs is 1. The maximum Gasteiger partial charge on any atom is 1.00 e. The minimum atomic E-state index is -0.282. The van der Waals surface area contributed by atoms with Crippen LogP contribution < -0.4 is 34.7 Å². The van der Waals surface area contributed by atoms with Crippen molar-refractivity contribution in [2.75, 3.05) is 0 Å². The van der Waals surface area contributed by atoms with Crippen LogP contribution in [0.15, 0.2) is 18.2 Å². The average molecular weight is 266 g/mol. The van der Waals surface area contributed by atoms with Gasteiger partial charge in [0, 0.05) is 11.4 Å². The molecule has 0 aliphatic carbocycles. The molecule has 0 radical (unpaired) electrons. The molecule has 0 saturated heterocycles. The molecule has 1 heterocycles. The van der Waals surface area contributed by atoms with Gasteiger partial charge in [0.05, 0.1) is 15.2 Å². The van der Waals surface area contributed by atoms with E-state index in [9.17, 15) is 5.11 Å². The maximum absolute atomic E-state index is 10.7. The molecule has 0 amide bonds. The average Bonchev–Trinajstić information content (AvgIpc) is 2.44. The number of hydrogen-bond acceptors (Lipinski definition) is 4. The van der Waals surface area contributed by atoms with Crippen LogP contribution in [-0.4, -0.2) is 10.0 Å². The summed E-state index contributed by atoms with van der Waals surface area (Å²) >= 11 is 11.8. The van der Waals surface area contributed by atoms with Gasteiger partial charge in [0.1, 0.15) is 0 Å². The molecule has 15 heavy (non-hydrogen) atoms. The standard InChI is InChI=1S/C9H6ClNOS2.Na/c10-5-1-2-7-6(3-5)11-8(14-7)4-9(12)13;/h1-3H,4H2,(H,12,13);/q;+1/p-1. The molecule has 1 aromatic carbocycles. The van der Waals surface area contributed by atoms with E-state index in [1.54, 1.807) is 12.1 Å². The van der Waals surface area contributed by atoms with Crippen molar-refractivity contribution >= 4 is 50.4 Å². The van der Waals surface area contributed by atoms with Gasteiger partial charge in [-0.15, -0.1) is 23.6 Å². The van der Waals surface area contributed by atoms with Crippen molar-refractivity contribution in [1.82, 2.24) is 4.98 Å². The first-order valence-corrected chi connectivity index (χ1v) is 5.50. The number of rotatable bonds is 2. The molecule has 2 nitrogen and oxygen atoms in total. The summed E-state index contributed by atoms with van der Waals surface area (Å²) in [6.07, 6.45) is 0.228. The van der Waals surface area contributed by atoms with Gasteiger partial charge in [-0.1, -0.05) is 16.7 Å². The monoisotopic (exact) mass is 265 g/mol. The molecule has 0 bridgehead atoms. The van der Waals surface area contributed by atoms with E-state index in [-0.39, 0.29) is 41.0 Å². The number of benzene rings is 1. The summed E-state index contributed by atoms with van der Waals surface area (Å²) in [4.78, 5) is 4.26. The molecule has 6 heteroatoms. The fraction of sp³-hybridized carbons (Fsp3) is 0.111. The van der Waals surface area contributed by atoms with Gasteiger partial charge < -0.3 is 5.11 Å². The van der Waals surface area contributed by atoms with Gasteiger partial charge in [-0.25, -0.2) is 4.98 Å². The molecular formula is C9H5ClNNaOS2. The number of thiazole rings is 1. The van der Waals surface area contributed by atoms with E-state index < -0.39 is 0 Å². The maximum atomic E-state index is 10.7. The van der Waals surface area contributed by atoms with E-state index in [1.165, 1.54) is 11.3 Å². The summed E-state index contributed by atoms with van der Waals surface area (Å²) in [5, 5.41) is 11.8. The number of nitrogens with zero attached hydrogens (tertiary/aromatic N) is 1. The molecule has 0 unspecified atom stereocenters. The Kier molecular flexibility index (Phi) is 4.96. The summed E-state index contributed by atoms with van der Waals surface area (Å²) < 4.78 is 1.03. The number of hydrogen-bond donors (Lipinski definition) is 0. The molecular weight excluding hydrogens is 261 g/mol. The first-order chi connectivity index (χ1) is 6.65. The van der Waals surface area contributed by atoms with E-state index in [1.807, 2.05) is 6.07 Å². The summed E-state index contributed by atoms with van der Waals surface area (Å²) in [7, 11) is 0. The van der Waals surface area contributed by atoms with E-state index in [0.717, 1.165) is 15.2 Å². The molecule has 1 aromatic heterocycles. The predicted octanol–water partition coefficient (Wildman–Crippen LogP) is -0.816. The Morgan fingerprint density at radius 1 is 1.53 bits per heavy atom. The van der Waals surface area contributed by atoms with Gasteiger partial charge in [0.15, 0.2) is 0 Å². The SMILES string of the molecule is [Na+].[O-]C(=S)Cc1nc2cc(Cl)ccc2s1. The predicted molar refractivity (Wildman–Crippen MR) is 60.9 cm³/mol. The Hall–Kier alpha value is 0.290. The Bertz CT molecular complexity index is 500. The fourth-order valence-electron chi connectivity index (χ4n) is 1.15. The molecule has 0 N–H and O–H groups in total. The Balaban J connectivity index is 0.00000112. The van der Waals surface area contributed by atoms with Gasteiger partial charge in [-0.3, -0.25) is 0 Å². The molecule has 0 spiro atoms. The Morgan fingerprint density at radius 3 is 2.93 bits per heavy atom. The Labute approximate surface area is 124 Å². The second kappa shape index (κ2) is 5.57. The summed E-state index contributed by atoms with van der Waals surface area (Å²) in [6, 6.07) is 5.48. The van der Waals surface area contributed by atoms with Crippen molar-refractivity contribution in [3.63, 3.8) is 0 Å². The zero-order chi connectivity index (χ0) is 10.1. The van der Waals surface area contributed by atoms with Crippen LogP contribution in [0.1, 0.15) is 5.01 Å². The van der Waals surface area contributed by atoms with E-state index in [2.05, 4.69) is 17.2 Å². The van der Waals surface area contributed by atoms with Crippen molar-refractivity contribution in [2.45, 2.75) is 6.42 Å². The molecule has 0 aliphatic rings. The van der Waals surface area contributed by atoms with Crippen molar-refractivity contribution in [3.05, 3.63) is 28.2 Å². The number of aromatic nitrogens is 1. The zero-order valence-corrected chi connectivity index (χ0v) is 12.4. The first kappa shape index (κ1) is 13.4. The van der Waals surface area contributed by atoms with Crippen LogP contribution in [0.25, 0.3) is 10.2 Å². The van der Waals surface area contributed by atoms with Crippen LogP contribution in [-0.2, 0) is 6.42 Å². The van der Waals surface area contributed by atoms with E-state index in [0.29, 0.717) is 5.02 Å². The minimum Gasteiger partial charge on any atom is -0.867 e. The van der Waals surface area contributed by atoms with Gasteiger partial charge in [0.25, 0.3) is 0 Å². The molecule has 0 fully saturated rings. The van der Waals surface area contributed by atoms with Gasteiger partial charge in [-0.2, -0.15) is 0 Å². The summed E-state index contributed by atoms with van der Waals surface area (Å²) in [5.41, 5.74) is 0.828. The van der Waals surface area contributed by atoms with Crippen LogP contribution in [0.2, 0.25) is 5.02 Å². The van der Waals surface area contributed by atoms with Crippen LogP contribution in [0.5, 0.6) is 0 Å². The third-order valence-electron chi connectivity index (χ3n) is 1.69. The fourth-order valence-corrected chi connectivity index (χ4v) is 2.49. The van der Waals surface area contributed by atoms with Crippen molar-refractivity contribution < 1.29 is 34.7 Å². The van der Waals surface area contributed by atoms with Crippen molar-refractivity contribution in [2.24, 2.45) is 0 Å². The Morgan fingerprint density at radius 2 is 2.27 bits per heavy atom. The largest absolute Gasteiger partial charge is 1.00 e. The van der Waals surface area contributed by atoms with Crippen LogP contribution in [0, 0.1) is 0 Å². The van der Waals surface area contributed by atoms with Crippen molar-refractivity contribution in [3.8, 4) is 0 Å². The molecule has 2 rings (SSSR count). The summed E-state index contributed by atoms with van der Waals surface area (Å²) in [6.45, 7) is 0. The smallest absolute Gasteiger partial charge is 0.867 e. The van der Waals surface area contributed by atoms with E-state index >= 15 is 0 Å². The van der Waals surface area contributed by atoms with Gasteiger partial charge in [-0.05, 0) is 18.2 Å². The molecule has 0 atom stereocenters. The zero-order valence-electron chi connectivity index (χ0n) is 7.99. The van der Waals surface area contributed by atoms with Crippen LogP contribution in [0.4, 0.5) is 0 Å². The minimum absolute atomic E-state index is 0.